The van der Waals surface area contributed by atoms with E-state index >= 15 is 0 Å². The predicted molar refractivity (Wildman–Crippen MR) is 242 cm³/mol. The number of benzene rings is 4. The van der Waals surface area contributed by atoms with Crippen molar-refractivity contribution >= 4 is 60.6 Å². The molecule has 26 nitrogen and oxygen atoms in total. The molecule has 9 aromatic rings. The van der Waals surface area contributed by atoms with Gasteiger partial charge in [0, 0.05) is 11.1 Å². The lowest BCUT2D eigenvalue weighted by Gasteiger charge is -2.07. The van der Waals surface area contributed by atoms with E-state index in [9.17, 15) is 36.3 Å². The standard InChI is InChI=1S/C41H27N19O7S2/c1-45-30-22-47-58(27-15-9-17-29(19-27)69(65,66)67)38(30)54-52-34-32(24-12-6-3-7-13-24)56-60(36(34)44)40-48-39(49-41(61)50-40)59-35(43)33(31(55-59)23-10-4-2-5-11-23)51-53-37-25(20-42)21-46-57(37)26-14-8-16-28(18-26)68(62,63)64/h2-19,21-22H,43-44H2,(H,62,63,64)(H,65,66,67)(H,48,49,50,61). The Morgan fingerprint density at radius 1 is 0.609 bits per heavy atom. The third-order valence-corrected chi connectivity index (χ3v) is 11.5. The van der Waals surface area contributed by atoms with Crippen LogP contribution in [0, 0.1) is 17.9 Å². The van der Waals surface area contributed by atoms with Crippen LogP contribution in [0.3, 0.4) is 0 Å². The monoisotopic (exact) mass is 961 g/mol. The molecule has 0 unspecified atom stereocenters. The number of nitrogens with zero attached hydrogens (tertiary/aromatic N) is 17. The van der Waals surface area contributed by atoms with Gasteiger partial charge < -0.3 is 16.6 Å². The van der Waals surface area contributed by atoms with E-state index in [0.29, 0.717) is 11.1 Å². The summed E-state index contributed by atoms with van der Waals surface area (Å²) >= 11 is 0. The summed E-state index contributed by atoms with van der Waals surface area (Å²) < 4.78 is 71.3. The van der Waals surface area contributed by atoms with E-state index in [1.165, 1.54) is 48.8 Å². The molecular weight excluding hydrogens is 935 g/mol. The van der Waals surface area contributed by atoms with Gasteiger partial charge >= 0.3 is 6.01 Å². The van der Waals surface area contributed by atoms with E-state index in [1.807, 2.05) is 6.07 Å². The molecule has 0 spiro atoms. The van der Waals surface area contributed by atoms with Gasteiger partial charge in [0.25, 0.3) is 37.8 Å². The maximum absolute atomic E-state index is 11.9. The Morgan fingerprint density at radius 2 is 1.07 bits per heavy atom. The first-order chi connectivity index (χ1) is 33.1. The van der Waals surface area contributed by atoms with Gasteiger partial charge in [0.1, 0.15) is 23.0 Å². The molecule has 0 radical (unpaired) electrons. The molecule has 7 N–H and O–H groups in total. The minimum atomic E-state index is -4.61. The summed E-state index contributed by atoms with van der Waals surface area (Å²) in [5.41, 5.74) is 14.6. The topological polar surface area (TPSA) is 369 Å². The number of rotatable bonds is 12. The molecule has 0 saturated heterocycles. The number of azo groups is 2. The zero-order chi connectivity index (χ0) is 48.6. The fourth-order valence-electron chi connectivity index (χ4n) is 6.61. The number of hydrogen-bond donors (Lipinski definition) is 5. The molecule has 0 amide bonds. The number of aromatic nitrogens is 11. The van der Waals surface area contributed by atoms with Crippen LogP contribution in [-0.2, 0) is 20.2 Å². The normalized spacial score (nSPS) is 11.9. The van der Waals surface area contributed by atoms with Gasteiger partial charge in [-0.1, -0.05) is 72.8 Å². The van der Waals surface area contributed by atoms with Crippen molar-refractivity contribution in [2.24, 2.45) is 20.5 Å². The van der Waals surface area contributed by atoms with Crippen LogP contribution in [0.25, 0.3) is 50.6 Å². The van der Waals surface area contributed by atoms with Gasteiger partial charge in [-0.15, -0.1) is 20.5 Å². The molecule has 9 rings (SSSR count). The lowest BCUT2D eigenvalue weighted by atomic mass is 10.1. The van der Waals surface area contributed by atoms with Gasteiger partial charge in [-0.2, -0.15) is 66.8 Å². The van der Waals surface area contributed by atoms with E-state index in [2.05, 4.69) is 60.6 Å². The van der Waals surface area contributed by atoms with Crippen molar-refractivity contribution in [1.82, 2.24) is 54.1 Å². The molecule has 4 aromatic carbocycles. The van der Waals surface area contributed by atoms with Crippen LogP contribution in [0.2, 0.25) is 0 Å². The first-order valence-electron chi connectivity index (χ1n) is 19.4. The smallest absolute Gasteiger partial charge is 0.320 e. The van der Waals surface area contributed by atoms with Crippen molar-refractivity contribution in [3.63, 3.8) is 0 Å². The molecule has 5 heterocycles. The van der Waals surface area contributed by atoms with E-state index < -0.39 is 36.0 Å². The van der Waals surface area contributed by atoms with Crippen LogP contribution >= 0.6 is 0 Å². The SMILES string of the molecule is [C-]#[N+]c1cnn(-c2cccc(S(=O)(=O)O)c2)c1N=Nc1c(-c2ccccc2)nn(-c2nc(O)nc(-n3nc(-c4ccccc4)c(N=Nc4c(C#N)cnn4-c4cccc(S(=O)(=O)O)c4)c3N)n2)c1N. The van der Waals surface area contributed by atoms with Gasteiger partial charge in [-0.05, 0) is 36.4 Å². The van der Waals surface area contributed by atoms with Crippen LogP contribution < -0.4 is 11.5 Å². The molecule has 69 heavy (non-hydrogen) atoms. The zero-order valence-corrected chi connectivity index (χ0v) is 36.2. The molecule has 0 bridgehead atoms. The van der Waals surface area contributed by atoms with E-state index in [1.54, 1.807) is 60.7 Å². The summed E-state index contributed by atoms with van der Waals surface area (Å²) in [6, 6.07) is 28.6. The second-order valence-corrected chi connectivity index (χ2v) is 16.9. The Balaban J connectivity index is 1.15. The van der Waals surface area contributed by atoms with E-state index in [0.717, 1.165) is 30.9 Å². The first kappa shape index (κ1) is 44.3. The number of nitrogens with two attached hydrogens (primary N) is 2. The number of nitriles is 1. The maximum atomic E-state index is 11.9. The van der Waals surface area contributed by atoms with Gasteiger partial charge in [-0.3, -0.25) is 9.11 Å². The van der Waals surface area contributed by atoms with Gasteiger partial charge in [0.2, 0.25) is 0 Å². The van der Waals surface area contributed by atoms with Crippen LogP contribution in [0.5, 0.6) is 6.01 Å². The minimum Gasteiger partial charge on any atom is -0.479 e. The van der Waals surface area contributed by atoms with Crippen molar-refractivity contribution in [2.75, 3.05) is 11.5 Å². The largest absolute Gasteiger partial charge is 0.479 e. The third-order valence-electron chi connectivity index (χ3n) is 9.78. The van der Waals surface area contributed by atoms with Crippen molar-refractivity contribution in [1.29, 1.82) is 5.26 Å². The summed E-state index contributed by atoms with van der Waals surface area (Å²) in [7, 11) is -9.22. The van der Waals surface area contributed by atoms with Gasteiger partial charge in [-0.25, -0.2) is 14.2 Å². The summed E-state index contributed by atoms with van der Waals surface area (Å²) in [5, 5.41) is 55.9. The van der Waals surface area contributed by atoms with Crippen LogP contribution in [-0.4, -0.2) is 85.1 Å². The summed E-state index contributed by atoms with van der Waals surface area (Å²) in [5.74, 6) is -1.47. The molecule has 5 aromatic heterocycles. The zero-order valence-electron chi connectivity index (χ0n) is 34.6. The second kappa shape index (κ2) is 17.5. The number of nitrogen functional groups attached to an aromatic ring is 2. The van der Waals surface area contributed by atoms with Gasteiger partial charge in [0.05, 0.1) is 40.1 Å². The minimum absolute atomic E-state index is 0.0635. The molecule has 0 aliphatic heterocycles. The Labute approximate surface area is 387 Å². The van der Waals surface area contributed by atoms with E-state index in [-0.39, 0.29) is 80.6 Å². The molecule has 28 heteroatoms. The van der Waals surface area contributed by atoms with Crippen molar-refractivity contribution in [3.8, 4) is 57.9 Å². The summed E-state index contributed by atoms with van der Waals surface area (Å²) in [4.78, 5) is 15.2. The fourth-order valence-corrected chi connectivity index (χ4v) is 7.65. The molecule has 0 saturated carbocycles. The van der Waals surface area contributed by atoms with Crippen LogP contribution in [0.4, 0.5) is 40.3 Å². The van der Waals surface area contributed by atoms with Crippen molar-refractivity contribution < 1.29 is 31.0 Å². The summed E-state index contributed by atoms with van der Waals surface area (Å²) in [6.07, 6.45) is 2.37. The van der Waals surface area contributed by atoms with E-state index in [4.69, 9.17) is 18.0 Å². The highest BCUT2D eigenvalue weighted by atomic mass is 32.2. The average molecular weight is 962 g/mol. The lowest BCUT2D eigenvalue weighted by Crippen LogP contribution is -2.13. The van der Waals surface area contributed by atoms with Gasteiger partial charge in [0.15, 0.2) is 34.6 Å². The maximum Gasteiger partial charge on any atom is 0.320 e. The molecule has 0 aliphatic carbocycles. The third kappa shape index (κ3) is 8.58. The van der Waals surface area contributed by atoms with Crippen molar-refractivity contribution in [2.45, 2.75) is 9.79 Å². The Hall–Kier alpha value is -9.87. The Kier molecular flexibility index (Phi) is 11.2. The predicted octanol–water partition coefficient (Wildman–Crippen LogP) is 6.57. The Bertz CT molecular complexity index is 3620. The molecule has 340 valence electrons. The molecule has 0 aliphatic rings. The van der Waals surface area contributed by atoms with Crippen molar-refractivity contribution in [3.05, 3.63) is 139 Å². The highest BCUT2D eigenvalue weighted by molar-refractivity contribution is 7.86. The molecular formula is C41H27N19O7S2. The number of anilines is 2. The molecule has 0 fully saturated rings. The molecule has 0 atom stereocenters. The second-order valence-electron chi connectivity index (χ2n) is 14.1. The van der Waals surface area contributed by atoms with Crippen LogP contribution in [0.1, 0.15) is 5.56 Å². The number of hydrogen-bond acceptors (Lipinski definition) is 19. The number of aromatic hydroxyl groups is 1. The fraction of sp³-hybridized carbons (Fsp3) is 0. The summed E-state index contributed by atoms with van der Waals surface area (Å²) in [6.45, 7) is 7.73. The van der Waals surface area contributed by atoms with Crippen LogP contribution in [0.15, 0.2) is 152 Å². The average Bonchev–Trinajstić information content (AvgIpc) is 4.12. The highest BCUT2D eigenvalue weighted by Crippen LogP contribution is 2.41. The lowest BCUT2D eigenvalue weighted by molar-refractivity contribution is 0.423. The quantitative estimate of drug-likeness (QED) is 0.0491. The highest BCUT2D eigenvalue weighted by Gasteiger charge is 2.26. The Morgan fingerprint density at radius 3 is 1.54 bits per heavy atom. The first-order valence-corrected chi connectivity index (χ1v) is 22.3.